The molecule has 3 nitrogen and oxygen atoms in total. The molecule has 0 spiro atoms. The van der Waals surface area contributed by atoms with Crippen molar-refractivity contribution in [3.63, 3.8) is 0 Å². The molecule has 2 rings (SSSR count). The van der Waals surface area contributed by atoms with Crippen LogP contribution in [-0.4, -0.2) is 23.3 Å². The second kappa shape index (κ2) is 5.80. The Morgan fingerprint density at radius 1 is 1.15 bits per heavy atom. The molecule has 106 valence electrons. The molecular weight excluding hydrogens is 274 g/mol. The number of hydrogen-bond donors (Lipinski definition) is 0. The van der Waals surface area contributed by atoms with E-state index in [-0.39, 0.29) is 16.8 Å². The van der Waals surface area contributed by atoms with Crippen LogP contribution < -0.4 is 0 Å². The number of hydrogen-bond acceptors (Lipinski definition) is 2. The summed E-state index contributed by atoms with van der Waals surface area (Å²) in [6.07, 6.45) is 1.72. The zero-order chi connectivity index (χ0) is 14.9. The number of aryl methyl sites for hydroxylation is 2. The van der Waals surface area contributed by atoms with Gasteiger partial charge >= 0.3 is 0 Å². The van der Waals surface area contributed by atoms with Gasteiger partial charge in [0, 0.05) is 6.54 Å². The first-order chi connectivity index (χ1) is 9.47. The minimum atomic E-state index is -0.375. The average Bonchev–Trinajstić information content (AvgIpc) is 2.60. The van der Waals surface area contributed by atoms with Crippen LogP contribution in [0.3, 0.4) is 0 Å². The normalized spacial score (nSPS) is 15.5. The second-order valence-electron chi connectivity index (χ2n) is 5.12. The molecule has 0 radical (unpaired) electrons. The smallest absolute Gasteiger partial charge is 0.273 e. The van der Waals surface area contributed by atoms with Crippen LogP contribution in [0.15, 0.2) is 23.2 Å². The van der Waals surface area contributed by atoms with Crippen molar-refractivity contribution in [2.75, 3.05) is 6.54 Å². The molecule has 1 heterocycles. The van der Waals surface area contributed by atoms with E-state index in [1.54, 1.807) is 0 Å². The number of halogens is 1. The fraction of sp³-hybridized carbons (Fsp3) is 0.375. The Morgan fingerprint density at radius 3 is 2.45 bits per heavy atom. The van der Waals surface area contributed by atoms with E-state index in [1.165, 1.54) is 4.90 Å². The predicted molar refractivity (Wildman–Crippen MR) is 80.3 cm³/mol. The van der Waals surface area contributed by atoms with E-state index in [1.807, 2.05) is 39.0 Å². The Morgan fingerprint density at radius 2 is 1.85 bits per heavy atom. The van der Waals surface area contributed by atoms with Crippen molar-refractivity contribution in [1.82, 2.24) is 4.90 Å². The lowest BCUT2D eigenvalue weighted by Gasteiger charge is -2.14. The number of benzene rings is 1. The maximum atomic E-state index is 12.4. The summed E-state index contributed by atoms with van der Waals surface area (Å²) in [5, 5.41) is 0.0399. The zero-order valence-electron chi connectivity index (χ0n) is 12.0. The maximum Gasteiger partial charge on any atom is 0.273 e. The molecule has 0 aromatic heterocycles. The van der Waals surface area contributed by atoms with Gasteiger partial charge < -0.3 is 0 Å². The van der Waals surface area contributed by atoms with Gasteiger partial charge in [-0.25, -0.2) is 0 Å². The van der Waals surface area contributed by atoms with Crippen LogP contribution in [0.5, 0.6) is 0 Å². The van der Waals surface area contributed by atoms with Gasteiger partial charge in [0.25, 0.3) is 11.8 Å². The van der Waals surface area contributed by atoms with Gasteiger partial charge in [-0.1, -0.05) is 48.7 Å². The second-order valence-corrected chi connectivity index (χ2v) is 5.50. The van der Waals surface area contributed by atoms with Crippen molar-refractivity contribution in [3.8, 4) is 0 Å². The Labute approximate surface area is 124 Å². The van der Waals surface area contributed by atoms with E-state index in [4.69, 9.17) is 11.6 Å². The zero-order valence-corrected chi connectivity index (χ0v) is 12.8. The van der Waals surface area contributed by atoms with Crippen LogP contribution in [0.4, 0.5) is 0 Å². The summed E-state index contributed by atoms with van der Waals surface area (Å²) >= 11 is 6.11. The SMILES string of the molecule is CCCCN1C(=O)C(Cl)=C(c2ccc(C)cc2C)C1=O. The Bertz CT molecular complexity index is 604. The van der Waals surface area contributed by atoms with E-state index in [2.05, 4.69) is 0 Å². The summed E-state index contributed by atoms with van der Waals surface area (Å²) in [6, 6.07) is 5.77. The Kier molecular flexibility index (Phi) is 4.29. The summed E-state index contributed by atoms with van der Waals surface area (Å²) in [5.74, 6) is -0.652. The van der Waals surface area contributed by atoms with Crippen LogP contribution in [0, 0.1) is 13.8 Å². The van der Waals surface area contributed by atoms with Crippen LogP contribution in [0.25, 0.3) is 5.57 Å². The summed E-state index contributed by atoms with van der Waals surface area (Å²) in [4.78, 5) is 25.8. The van der Waals surface area contributed by atoms with E-state index in [0.29, 0.717) is 12.1 Å². The van der Waals surface area contributed by atoms with E-state index in [9.17, 15) is 9.59 Å². The van der Waals surface area contributed by atoms with Crippen molar-refractivity contribution in [1.29, 1.82) is 0 Å². The maximum absolute atomic E-state index is 12.4. The van der Waals surface area contributed by atoms with Gasteiger partial charge in [0.2, 0.25) is 0 Å². The molecule has 0 saturated carbocycles. The molecule has 1 aromatic rings. The largest absolute Gasteiger partial charge is 0.274 e. The lowest BCUT2D eigenvalue weighted by Crippen LogP contribution is -2.32. The monoisotopic (exact) mass is 291 g/mol. The third-order valence-corrected chi connectivity index (χ3v) is 3.85. The molecular formula is C16H18ClNO2. The lowest BCUT2D eigenvalue weighted by molar-refractivity contribution is -0.136. The van der Waals surface area contributed by atoms with E-state index >= 15 is 0 Å². The fourth-order valence-corrected chi connectivity index (χ4v) is 2.68. The van der Waals surface area contributed by atoms with Crippen molar-refractivity contribution in [3.05, 3.63) is 39.9 Å². The minimum absolute atomic E-state index is 0.0399. The molecule has 2 amide bonds. The predicted octanol–water partition coefficient (Wildman–Crippen LogP) is 3.42. The molecule has 20 heavy (non-hydrogen) atoms. The highest BCUT2D eigenvalue weighted by atomic mass is 35.5. The van der Waals surface area contributed by atoms with Gasteiger partial charge in [-0.05, 0) is 31.4 Å². The summed E-state index contributed by atoms with van der Waals surface area (Å²) < 4.78 is 0. The summed E-state index contributed by atoms with van der Waals surface area (Å²) in [6.45, 7) is 6.36. The number of amides is 2. The minimum Gasteiger partial charge on any atom is -0.274 e. The molecule has 0 unspecified atom stereocenters. The molecule has 0 N–H and O–H groups in total. The molecule has 4 heteroatoms. The van der Waals surface area contributed by atoms with Gasteiger partial charge in [-0.3, -0.25) is 14.5 Å². The van der Waals surface area contributed by atoms with Gasteiger partial charge in [0.1, 0.15) is 5.03 Å². The third-order valence-electron chi connectivity index (χ3n) is 3.50. The van der Waals surface area contributed by atoms with Crippen LogP contribution >= 0.6 is 11.6 Å². The van der Waals surface area contributed by atoms with Gasteiger partial charge in [0.15, 0.2) is 0 Å². The first-order valence-corrected chi connectivity index (χ1v) is 7.18. The number of unbranched alkanes of at least 4 members (excludes halogenated alkanes) is 1. The molecule has 1 aliphatic heterocycles. The van der Waals surface area contributed by atoms with Gasteiger partial charge in [0.05, 0.1) is 5.57 Å². The first-order valence-electron chi connectivity index (χ1n) is 6.81. The molecule has 0 fully saturated rings. The molecule has 0 saturated heterocycles. The number of nitrogens with zero attached hydrogens (tertiary/aromatic N) is 1. The van der Waals surface area contributed by atoms with Crippen LogP contribution in [0.2, 0.25) is 0 Å². The first kappa shape index (κ1) is 14.8. The van der Waals surface area contributed by atoms with Crippen LogP contribution in [0.1, 0.15) is 36.5 Å². The molecule has 1 aromatic carbocycles. The highest BCUT2D eigenvalue weighted by Gasteiger charge is 2.38. The topological polar surface area (TPSA) is 37.4 Å². The number of imide groups is 1. The standard InChI is InChI=1S/C16H18ClNO2/c1-4-5-8-18-15(19)13(14(17)16(18)20)12-7-6-10(2)9-11(12)3/h6-7,9H,4-5,8H2,1-3H3. The molecule has 1 aliphatic rings. The number of carbonyl (C=O) groups is 2. The van der Waals surface area contributed by atoms with Crippen LogP contribution in [-0.2, 0) is 9.59 Å². The van der Waals surface area contributed by atoms with Gasteiger partial charge in [-0.2, -0.15) is 0 Å². The number of carbonyl (C=O) groups excluding carboxylic acids is 2. The Balaban J connectivity index is 2.41. The quantitative estimate of drug-likeness (QED) is 0.797. The average molecular weight is 292 g/mol. The lowest BCUT2D eigenvalue weighted by atomic mass is 9.99. The van der Waals surface area contributed by atoms with E-state index in [0.717, 1.165) is 29.5 Å². The van der Waals surface area contributed by atoms with Crippen molar-refractivity contribution >= 4 is 29.0 Å². The third kappa shape index (κ3) is 2.50. The summed E-state index contributed by atoms with van der Waals surface area (Å²) in [7, 11) is 0. The van der Waals surface area contributed by atoms with Crippen molar-refractivity contribution in [2.45, 2.75) is 33.6 Å². The van der Waals surface area contributed by atoms with E-state index < -0.39 is 0 Å². The summed E-state index contributed by atoms with van der Waals surface area (Å²) in [5.41, 5.74) is 3.16. The van der Waals surface area contributed by atoms with Crippen molar-refractivity contribution < 1.29 is 9.59 Å². The Hall–Kier alpha value is -1.61. The highest BCUT2D eigenvalue weighted by molar-refractivity contribution is 6.55. The highest BCUT2D eigenvalue weighted by Crippen LogP contribution is 2.33. The van der Waals surface area contributed by atoms with Gasteiger partial charge in [-0.15, -0.1) is 0 Å². The molecule has 0 aliphatic carbocycles. The number of rotatable bonds is 4. The molecule has 0 bridgehead atoms. The fourth-order valence-electron chi connectivity index (χ4n) is 2.39. The molecule has 0 atom stereocenters. The van der Waals surface area contributed by atoms with Crippen molar-refractivity contribution in [2.24, 2.45) is 0 Å².